The average Bonchev–Trinajstić information content (AvgIpc) is 3.33. The summed E-state index contributed by atoms with van der Waals surface area (Å²) < 4.78 is 3.36. The lowest BCUT2D eigenvalue weighted by atomic mass is 10.1. The molecule has 0 spiro atoms. The molecule has 1 aromatic heterocycles. The number of carbonyl (C=O) groups excluding carboxylic acids is 2. The molecule has 3 aromatic rings. The molecule has 2 amide bonds. The summed E-state index contributed by atoms with van der Waals surface area (Å²) in [5.74, 6) is -0.282. The zero-order valence-corrected chi connectivity index (χ0v) is 15.6. The average molecular weight is 409 g/mol. The lowest BCUT2D eigenvalue weighted by Gasteiger charge is -2.22. The highest BCUT2D eigenvalue weighted by Crippen LogP contribution is 2.38. The summed E-state index contributed by atoms with van der Waals surface area (Å²) in [7, 11) is 0. The van der Waals surface area contributed by atoms with E-state index in [0.717, 1.165) is 23.7 Å². The molecular weight excluding hydrogens is 392 g/mol. The standard InChI is InChI=1S/C21H17BrN2O2/c22-14-5-8-19-13(11-14)9-10-23(19)15-6-7-16(12-15)24-20(25)17-3-1-2-4-18(17)21(24)26/h1-5,8-11,15-16H,6-7,12H2. The van der Waals surface area contributed by atoms with Crippen LogP contribution in [0.15, 0.2) is 59.2 Å². The van der Waals surface area contributed by atoms with Gasteiger partial charge in [0.1, 0.15) is 0 Å². The van der Waals surface area contributed by atoms with Crippen molar-refractivity contribution in [3.63, 3.8) is 0 Å². The lowest BCUT2D eigenvalue weighted by Crippen LogP contribution is -2.38. The van der Waals surface area contributed by atoms with Crippen LogP contribution in [-0.2, 0) is 0 Å². The Morgan fingerprint density at radius 3 is 2.31 bits per heavy atom. The molecule has 2 aliphatic rings. The quantitative estimate of drug-likeness (QED) is 0.571. The molecule has 0 bridgehead atoms. The van der Waals surface area contributed by atoms with E-state index in [0.29, 0.717) is 17.2 Å². The second-order valence-electron chi connectivity index (χ2n) is 7.07. The van der Waals surface area contributed by atoms with Crippen molar-refractivity contribution in [1.29, 1.82) is 0 Å². The summed E-state index contributed by atoms with van der Waals surface area (Å²) in [5.41, 5.74) is 2.27. The number of rotatable bonds is 2. The van der Waals surface area contributed by atoms with Gasteiger partial charge in [-0.3, -0.25) is 14.5 Å². The van der Waals surface area contributed by atoms with Crippen LogP contribution in [0.3, 0.4) is 0 Å². The van der Waals surface area contributed by atoms with Crippen LogP contribution >= 0.6 is 15.9 Å². The zero-order valence-electron chi connectivity index (χ0n) is 14.1. The van der Waals surface area contributed by atoms with Crippen LogP contribution in [0.1, 0.15) is 46.0 Å². The van der Waals surface area contributed by atoms with Crippen LogP contribution in [0, 0.1) is 0 Å². The Balaban J connectivity index is 1.43. The van der Waals surface area contributed by atoms with E-state index >= 15 is 0 Å². The Hall–Kier alpha value is -2.40. The molecule has 0 saturated heterocycles. The molecular formula is C21H17BrN2O2. The number of amides is 2. The highest BCUT2D eigenvalue weighted by Gasteiger charge is 2.42. The molecule has 4 nitrogen and oxygen atoms in total. The van der Waals surface area contributed by atoms with Crippen molar-refractivity contribution in [3.8, 4) is 0 Å². The minimum atomic E-state index is -0.141. The molecule has 1 saturated carbocycles. The minimum absolute atomic E-state index is 0.0275. The van der Waals surface area contributed by atoms with Crippen molar-refractivity contribution >= 4 is 38.6 Å². The second kappa shape index (κ2) is 5.81. The Morgan fingerprint density at radius 2 is 1.58 bits per heavy atom. The first-order valence-electron chi connectivity index (χ1n) is 8.86. The summed E-state index contributed by atoms with van der Waals surface area (Å²) in [4.78, 5) is 27.0. The largest absolute Gasteiger partial charge is 0.344 e. The molecule has 5 heteroatoms. The van der Waals surface area contributed by atoms with Crippen molar-refractivity contribution in [2.45, 2.75) is 31.3 Å². The Kier molecular flexibility index (Phi) is 3.54. The van der Waals surface area contributed by atoms with Crippen LogP contribution in [-0.4, -0.2) is 27.3 Å². The van der Waals surface area contributed by atoms with E-state index in [4.69, 9.17) is 0 Å². The van der Waals surface area contributed by atoms with Crippen molar-refractivity contribution in [2.75, 3.05) is 0 Å². The summed E-state index contributed by atoms with van der Waals surface area (Å²) in [6, 6.07) is 15.8. The molecule has 26 heavy (non-hydrogen) atoms. The van der Waals surface area contributed by atoms with E-state index in [1.54, 1.807) is 12.1 Å². The number of nitrogens with zero attached hydrogens (tertiary/aromatic N) is 2. The van der Waals surface area contributed by atoms with Crippen molar-refractivity contribution in [3.05, 3.63) is 70.3 Å². The van der Waals surface area contributed by atoms with Gasteiger partial charge in [0.25, 0.3) is 11.8 Å². The number of fused-ring (bicyclic) bond motifs is 2. The number of carbonyl (C=O) groups is 2. The van der Waals surface area contributed by atoms with Crippen molar-refractivity contribution in [1.82, 2.24) is 9.47 Å². The molecule has 130 valence electrons. The van der Waals surface area contributed by atoms with Crippen LogP contribution in [0.2, 0.25) is 0 Å². The molecule has 1 aliphatic heterocycles. The minimum Gasteiger partial charge on any atom is -0.344 e. The van der Waals surface area contributed by atoms with Crippen LogP contribution in [0.5, 0.6) is 0 Å². The fourth-order valence-corrected chi connectivity index (χ4v) is 4.79. The van der Waals surface area contributed by atoms with Crippen molar-refractivity contribution < 1.29 is 9.59 Å². The molecule has 2 aromatic carbocycles. The molecule has 2 heterocycles. The van der Waals surface area contributed by atoms with Gasteiger partial charge in [-0.05, 0) is 55.7 Å². The van der Waals surface area contributed by atoms with Gasteiger partial charge in [0, 0.05) is 33.7 Å². The Labute approximate surface area is 159 Å². The van der Waals surface area contributed by atoms with E-state index < -0.39 is 0 Å². The number of halogens is 1. The van der Waals surface area contributed by atoms with Crippen LogP contribution < -0.4 is 0 Å². The lowest BCUT2D eigenvalue weighted by molar-refractivity contribution is 0.0585. The number of hydrogen-bond donors (Lipinski definition) is 0. The number of benzene rings is 2. The smallest absolute Gasteiger partial charge is 0.261 e. The molecule has 0 radical (unpaired) electrons. The first-order valence-corrected chi connectivity index (χ1v) is 9.66. The molecule has 2 unspecified atom stereocenters. The highest BCUT2D eigenvalue weighted by molar-refractivity contribution is 9.10. The van der Waals surface area contributed by atoms with E-state index in [9.17, 15) is 9.59 Å². The van der Waals surface area contributed by atoms with Gasteiger partial charge < -0.3 is 4.57 Å². The fraction of sp³-hybridized carbons (Fsp3) is 0.238. The number of hydrogen-bond acceptors (Lipinski definition) is 2. The summed E-state index contributed by atoms with van der Waals surface area (Å²) >= 11 is 3.52. The van der Waals surface area contributed by atoms with Gasteiger partial charge in [-0.25, -0.2) is 0 Å². The normalized spacial score (nSPS) is 22.4. The van der Waals surface area contributed by atoms with Gasteiger partial charge in [-0.1, -0.05) is 28.1 Å². The topological polar surface area (TPSA) is 42.3 Å². The second-order valence-corrected chi connectivity index (χ2v) is 7.99. The molecule has 5 rings (SSSR count). The SMILES string of the molecule is O=C1c2ccccc2C(=O)N1C1CCC(n2ccc3cc(Br)ccc32)C1. The van der Waals surface area contributed by atoms with Gasteiger partial charge in [-0.2, -0.15) is 0 Å². The van der Waals surface area contributed by atoms with Gasteiger partial charge in [-0.15, -0.1) is 0 Å². The predicted molar refractivity (Wildman–Crippen MR) is 103 cm³/mol. The first kappa shape index (κ1) is 15.8. The summed E-state index contributed by atoms with van der Waals surface area (Å²) in [6.07, 6.45) is 4.75. The van der Waals surface area contributed by atoms with Gasteiger partial charge in [0.05, 0.1) is 11.1 Å². The van der Waals surface area contributed by atoms with Gasteiger partial charge in [0.2, 0.25) is 0 Å². The fourth-order valence-electron chi connectivity index (χ4n) is 4.41. The first-order chi connectivity index (χ1) is 12.6. The third-order valence-corrected chi connectivity index (χ3v) is 6.14. The maximum absolute atomic E-state index is 12.7. The Morgan fingerprint density at radius 1 is 0.885 bits per heavy atom. The van der Waals surface area contributed by atoms with Gasteiger partial charge in [0.15, 0.2) is 0 Å². The summed E-state index contributed by atoms with van der Waals surface area (Å²) in [5, 5.41) is 1.20. The predicted octanol–water partition coefficient (Wildman–Crippen LogP) is 4.79. The van der Waals surface area contributed by atoms with Crippen LogP contribution in [0.4, 0.5) is 0 Å². The van der Waals surface area contributed by atoms with Crippen molar-refractivity contribution in [2.24, 2.45) is 0 Å². The van der Waals surface area contributed by atoms with E-state index in [1.165, 1.54) is 15.8 Å². The Bertz CT molecular complexity index is 1020. The van der Waals surface area contributed by atoms with Gasteiger partial charge >= 0.3 is 0 Å². The van der Waals surface area contributed by atoms with E-state index in [1.807, 2.05) is 12.1 Å². The molecule has 1 aliphatic carbocycles. The maximum Gasteiger partial charge on any atom is 0.261 e. The third kappa shape index (κ3) is 2.27. The summed E-state index contributed by atoms with van der Waals surface area (Å²) in [6.45, 7) is 0. The molecule has 2 atom stereocenters. The monoisotopic (exact) mass is 408 g/mol. The molecule has 0 N–H and O–H groups in total. The van der Waals surface area contributed by atoms with Crippen LogP contribution in [0.25, 0.3) is 10.9 Å². The highest BCUT2D eigenvalue weighted by atomic mass is 79.9. The molecule has 1 fully saturated rings. The van der Waals surface area contributed by atoms with E-state index in [2.05, 4.69) is 51.0 Å². The number of imide groups is 1. The maximum atomic E-state index is 12.7. The number of aromatic nitrogens is 1. The zero-order chi connectivity index (χ0) is 17.8. The van der Waals surface area contributed by atoms with E-state index in [-0.39, 0.29) is 17.9 Å². The third-order valence-electron chi connectivity index (χ3n) is 5.64.